The van der Waals surface area contributed by atoms with Crippen LogP contribution in [0.2, 0.25) is 0 Å². The Bertz CT molecular complexity index is 179. The van der Waals surface area contributed by atoms with Crippen molar-refractivity contribution in [3.05, 3.63) is 0 Å². The van der Waals surface area contributed by atoms with E-state index >= 15 is 0 Å². The average molecular weight is 264 g/mol. The van der Waals surface area contributed by atoms with E-state index in [1.165, 1.54) is 25.0 Å². The second kappa shape index (κ2) is 11.5. The minimum Gasteiger partial charge on any atom is -0.383 e. The molecule has 0 aliphatic carbocycles. The van der Waals surface area contributed by atoms with E-state index in [9.17, 15) is 0 Å². The van der Waals surface area contributed by atoms with Gasteiger partial charge in [0.25, 0.3) is 0 Å². The van der Waals surface area contributed by atoms with Gasteiger partial charge in [-0.25, -0.2) is 0 Å². The molecule has 2 N–H and O–H groups in total. The normalized spacial score (nSPS) is 12.2. The Labute approximate surface area is 109 Å². The monoisotopic (exact) mass is 264 g/mol. The molecule has 0 aliphatic heterocycles. The molecule has 16 heavy (non-hydrogen) atoms. The fourth-order valence-corrected chi connectivity index (χ4v) is 2.11. The molecule has 0 aliphatic rings. The number of thioether (sulfide) groups is 1. The molecule has 0 aromatic carbocycles. The van der Waals surface area contributed by atoms with Gasteiger partial charge in [-0.3, -0.25) is 0 Å². The number of hydrogen-bond donors (Lipinski definition) is 2. The molecule has 3 nitrogen and oxygen atoms in total. The van der Waals surface area contributed by atoms with Crippen LogP contribution in [0.1, 0.15) is 26.2 Å². The Morgan fingerprint density at radius 2 is 2.12 bits per heavy atom. The van der Waals surface area contributed by atoms with Crippen molar-refractivity contribution in [2.24, 2.45) is 0 Å². The largest absolute Gasteiger partial charge is 0.383 e. The van der Waals surface area contributed by atoms with Crippen LogP contribution in [0.25, 0.3) is 0 Å². The molecule has 1 unspecified atom stereocenters. The van der Waals surface area contributed by atoms with Gasteiger partial charge in [-0.15, -0.1) is 0 Å². The highest BCUT2D eigenvalue weighted by atomic mass is 32.2. The Balaban J connectivity index is 3.30. The van der Waals surface area contributed by atoms with Crippen LogP contribution in [0.15, 0.2) is 0 Å². The van der Waals surface area contributed by atoms with E-state index in [-0.39, 0.29) is 6.04 Å². The summed E-state index contributed by atoms with van der Waals surface area (Å²) in [6, 6.07) is 0.265. The highest BCUT2D eigenvalue weighted by Gasteiger charge is 2.02. The smallest absolute Gasteiger partial charge is 0.166 e. The van der Waals surface area contributed by atoms with Crippen LogP contribution in [0, 0.1) is 0 Å². The molecule has 0 amide bonds. The highest BCUT2D eigenvalue weighted by Crippen LogP contribution is 2.01. The minimum absolute atomic E-state index is 0.265. The molecule has 0 spiro atoms. The maximum Gasteiger partial charge on any atom is 0.166 e. The van der Waals surface area contributed by atoms with Crippen LogP contribution in [-0.4, -0.2) is 43.4 Å². The van der Waals surface area contributed by atoms with Crippen molar-refractivity contribution in [2.75, 3.05) is 32.3 Å². The Hall–Kier alpha value is 0. The van der Waals surface area contributed by atoms with Crippen molar-refractivity contribution in [3.8, 4) is 0 Å². The molecule has 0 heterocycles. The first-order valence-corrected chi connectivity index (χ1v) is 7.53. The molecule has 0 aromatic rings. The molecular formula is C11H24N2OS2. The summed E-state index contributed by atoms with van der Waals surface area (Å²) < 4.78 is 5.02. The predicted octanol–water partition coefficient (Wildman–Crippen LogP) is 2.02. The standard InChI is InChI=1S/C11H24N2OS2/c1-10(9-14-2)13-11(15)12-7-5-4-6-8-16-3/h10H,4-9H2,1-3H3,(H2,12,13,15). The number of thiocarbonyl (C=S) groups is 1. The molecule has 96 valence electrons. The summed E-state index contributed by atoms with van der Waals surface area (Å²) in [6.07, 6.45) is 5.89. The second-order valence-corrected chi connectivity index (χ2v) is 5.20. The van der Waals surface area contributed by atoms with Crippen molar-refractivity contribution in [2.45, 2.75) is 32.2 Å². The Morgan fingerprint density at radius 1 is 1.38 bits per heavy atom. The van der Waals surface area contributed by atoms with Gasteiger partial charge in [-0.2, -0.15) is 11.8 Å². The number of ether oxygens (including phenoxy) is 1. The van der Waals surface area contributed by atoms with E-state index in [1.54, 1.807) is 7.11 Å². The zero-order valence-electron chi connectivity index (χ0n) is 10.5. The number of unbranched alkanes of at least 4 members (excludes halogenated alkanes) is 2. The third kappa shape index (κ3) is 10.5. The molecule has 5 heteroatoms. The molecule has 0 rings (SSSR count). The molecule has 0 bridgehead atoms. The van der Waals surface area contributed by atoms with E-state index in [4.69, 9.17) is 17.0 Å². The molecule has 1 atom stereocenters. The van der Waals surface area contributed by atoms with Gasteiger partial charge in [0.15, 0.2) is 5.11 Å². The van der Waals surface area contributed by atoms with Gasteiger partial charge in [0.1, 0.15) is 0 Å². The summed E-state index contributed by atoms with van der Waals surface area (Å²) >= 11 is 7.07. The van der Waals surface area contributed by atoms with E-state index in [0.29, 0.717) is 6.61 Å². The van der Waals surface area contributed by atoms with Gasteiger partial charge in [0.2, 0.25) is 0 Å². The molecule has 0 saturated heterocycles. The van der Waals surface area contributed by atoms with E-state index in [0.717, 1.165) is 11.7 Å². The van der Waals surface area contributed by atoms with E-state index in [1.807, 2.05) is 11.8 Å². The van der Waals surface area contributed by atoms with Crippen molar-refractivity contribution < 1.29 is 4.74 Å². The minimum atomic E-state index is 0.265. The SMILES string of the molecule is COCC(C)NC(=S)NCCCCCSC. The van der Waals surface area contributed by atoms with Crippen LogP contribution in [0.5, 0.6) is 0 Å². The van der Waals surface area contributed by atoms with Gasteiger partial charge in [-0.1, -0.05) is 6.42 Å². The molecule has 0 aromatic heterocycles. The van der Waals surface area contributed by atoms with Crippen molar-refractivity contribution in [3.63, 3.8) is 0 Å². The van der Waals surface area contributed by atoms with Gasteiger partial charge in [-0.05, 0) is 44.0 Å². The first-order chi connectivity index (χ1) is 7.70. The van der Waals surface area contributed by atoms with E-state index < -0.39 is 0 Å². The fraction of sp³-hybridized carbons (Fsp3) is 0.909. The molecular weight excluding hydrogens is 240 g/mol. The topological polar surface area (TPSA) is 33.3 Å². The maximum absolute atomic E-state index is 5.16. The summed E-state index contributed by atoms with van der Waals surface area (Å²) in [5, 5.41) is 7.11. The van der Waals surface area contributed by atoms with Gasteiger partial charge >= 0.3 is 0 Å². The van der Waals surface area contributed by atoms with E-state index in [2.05, 4.69) is 23.8 Å². The molecule has 0 radical (unpaired) electrons. The Morgan fingerprint density at radius 3 is 2.75 bits per heavy atom. The lowest BCUT2D eigenvalue weighted by Crippen LogP contribution is -2.42. The van der Waals surface area contributed by atoms with Gasteiger partial charge < -0.3 is 15.4 Å². The van der Waals surface area contributed by atoms with Crippen LogP contribution in [-0.2, 0) is 4.74 Å². The number of rotatable bonds is 9. The Kier molecular flexibility index (Phi) is 11.5. The van der Waals surface area contributed by atoms with Crippen molar-refractivity contribution in [1.82, 2.24) is 10.6 Å². The molecule has 0 fully saturated rings. The lowest BCUT2D eigenvalue weighted by molar-refractivity contribution is 0.179. The third-order valence-corrected chi connectivity index (χ3v) is 3.06. The van der Waals surface area contributed by atoms with Crippen molar-refractivity contribution >= 4 is 29.1 Å². The van der Waals surface area contributed by atoms with Crippen LogP contribution < -0.4 is 10.6 Å². The first kappa shape index (κ1) is 16.0. The van der Waals surface area contributed by atoms with Crippen LogP contribution in [0.3, 0.4) is 0 Å². The lowest BCUT2D eigenvalue weighted by atomic mass is 10.2. The van der Waals surface area contributed by atoms with Crippen molar-refractivity contribution in [1.29, 1.82) is 0 Å². The summed E-state index contributed by atoms with van der Waals surface area (Å²) in [5.74, 6) is 1.26. The summed E-state index contributed by atoms with van der Waals surface area (Å²) in [4.78, 5) is 0. The number of hydrogen-bond acceptors (Lipinski definition) is 3. The fourth-order valence-electron chi connectivity index (χ4n) is 1.32. The zero-order chi connectivity index (χ0) is 12.2. The predicted molar refractivity (Wildman–Crippen MR) is 77.3 cm³/mol. The van der Waals surface area contributed by atoms with Crippen LogP contribution >= 0.6 is 24.0 Å². The number of nitrogens with one attached hydrogen (secondary N) is 2. The van der Waals surface area contributed by atoms with Gasteiger partial charge in [0.05, 0.1) is 6.61 Å². The summed E-state index contributed by atoms with van der Waals surface area (Å²) in [7, 11) is 1.69. The second-order valence-electron chi connectivity index (χ2n) is 3.81. The highest BCUT2D eigenvalue weighted by molar-refractivity contribution is 7.98. The van der Waals surface area contributed by atoms with Gasteiger partial charge in [0, 0.05) is 19.7 Å². The average Bonchev–Trinajstić information content (AvgIpc) is 2.23. The third-order valence-electron chi connectivity index (χ3n) is 2.10. The summed E-state index contributed by atoms with van der Waals surface area (Å²) in [6.45, 7) is 3.69. The number of methoxy groups -OCH3 is 1. The molecule has 0 saturated carbocycles. The lowest BCUT2D eigenvalue weighted by Gasteiger charge is -2.15. The first-order valence-electron chi connectivity index (χ1n) is 5.73. The quantitative estimate of drug-likeness (QED) is 0.492. The zero-order valence-corrected chi connectivity index (χ0v) is 12.2. The van der Waals surface area contributed by atoms with Crippen LogP contribution in [0.4, 0.5) is 0 Å². The maximum atomic E-state index is 5.16. The summed E-state index contributed by atoms with van der Waals surface area (Å²) in [5.41, 5.74) is 0.